The number of para-hydroxylation sites is 1. The van der Waals surface area contributed by atoms with E-state index in [9.17, 15) is 0 Å². The van der Waals surface area contributed by atoms with Gasteiger partial charge >= 0.3 is 0 Å². The van der Waals surface area contributed by atoms with Gasteiger partial charge in [-0.15, -0.1) is 12.4 Å². The zero-order valence-corrected chi connectivity index (χ0v) is 20.8. The summed E-state index contributed by atoms with van der Waals surface area (Å²) in [4.78, 5) is 0. The van der Waals surface area contributed by atoms with Crippen LogP contribution in [0.15, 0.2) is 54.7 Å². The predicted molar refractivity (Wildman–Crippen MR) is 143 cm³/mol. The van der Waals surface area contributed by atoms with Crippen LogP contribution in [-0.2, 0) is 0 Å². The Morgan fingerprint density at radius 1 is 0.970 bits per heavy atom. The number of hydrogen-bond acceptors (Lipinski definition) is 2. The van der Waals surface area contributed by atoms with Gasteiger partial charge in [0, 0.05) is 41.1 Å². The summed E-state index contributed by atoms with van der Waals surface area (Å²) in [7, 11) is 0. The van der Waals surface area contributed by atoms with Gasteiger partial charge in [-0.3, -0.25) is 0 Å². The molecular formula is C29H40ClN3. The highest BCUT2D eigenvalue weighted by atomic mass is 35.5. The Bertz CT molecular complexity index is 1030. The lowest BCUT2D eigenvalue weighted by atomic mass is 9.87. The first kappa shape index (κ1) is 24.3. The van der Waals surface area contributed by atoms with E-state index in [-0.39, 0.29) is 12.4 Å². The maximum Gasteiger partial charge on any atom is 0.0485 e. The third-order valence-corrected chi connectivity index (χ3v) is 7.95. The van der Waals surface area contributed by atoms with Gasteiger partial charge in [0.25, 0.3) is 0 Å². The van der Waals surface area contributed by atoms with Gasteiger partial charge in [0.05, 0.1) is 0 Å². The molecule has 0 aliphatic heterocycles. The molecule has 0 radical (unpaired) electrons. The first-order valence-corrected chi connectivity index (χ1v) is 12.8. The number of aryl methyl sites for hydroxylation is 1. The van der Waals surface area contributed by atoms with E-state index in [1.807, 2.05) is 0 Å². The van der Waals surface area contributed by atoms with Gasteiger partial charge in [-0.1, -0.05) is 60.9 Å². The van der Waals surface area contributed by atoms with Crippen molar-refractivity contribution in [1.82, 2.24) is 9.88 Å². The number of halogens is 1. The van der Waals surface area contributed by atoms with Crippen molar-refractivity contribution >= 4 is 23.3 Å². The maximum absolute atomic E-state index is 6.12. The minimum absolute atomic E-state index is 0. The molecule has 0 saturated heterocycles. The summed E-state index contributed by atoms with van der Waals surface area (Å²) in [5.74, 6) is 0.417. The molecule has 3 aromatic rings. The minimum Gasteiger partial charge on any atom is -0.344 e. The molecule has 1 aromatic heterocycles. The van der Waals surface area contributed by atoms with Crippen molar-refractivity contribution in [3.63, 3.8) is 0 Å². The Hall–Kier alpha value is -1.81. The molecule has 4 heteroatoms. The first-order valence-electron chi connectivity index (χ1n) is 12.8. The Morgan fingerprint density at radius 2 is 1.73 bits per heavy atom. The third-order valence-electron chi connectivity index (χ3n) is 7.95. The van der Waals surface area contributed by atoms with Crippen LogP contribution in [0, 0.1) is 6.92 Å². The first-order chi connectivity index (χ1) is 15.7. The third kappa shape index (κ3) is 5.48. The number of nitrogens with zero attached hydrogens (tertiary/aromatic N) is 1. The van der Waals surface area contributed by atoms with Crippen LogP contribution in [0.5, 0.6) is 0 Å². The summed E-state index contributed by atoms with van der Waals surface area (Å²) in [6, 6.07) is 20.0. The molecule has 5 rings (SSSR count). The summed E-state index contributed by atoms with van der Waals surface area (Å²) in [5.41, 5.74) is 11.8. The zero-order chi connectivity index (χ0) is 21.9. The average molecular weight is 466 g/mol. The molecule has 2 aliphatic rings. The molecule has 1 atom stereocenters. The van der Waals surface area contributed by atoms with Gasteiger partial charge in [-0.2, -0.15) is 0 Å². The molecule has 2 saturated carbocycles. The molecule has 2 aliphatic carbocycles. The van der Waals surface area contributed by atoms with Gasteiger partial charge in [0.15, 0.2) is 0 Å². The molecule has 33 heavy (non-hydrogen) atoms. The standard InChI is InChI=1S/C29H39N3.ClH/c1-21-7-6-8-22(19-21)26(17-18-31-24-15-13-23(30)14-16-24)28-20-32(25-9-2-3-10-25)29-12-5-4-11-27(28)29;/h4-8,11-12,19-20,23-26,31H,2-3,9-10,13-18,30H2,1H3;1H. The van der Waals surface area contributed by atoms with Crippen LogP contribution in [0.4, 0.5) is 0 Å². The molecule has 1 unspecified atom stereocenters. The Kier molecular flexibility index (Phi) is 8.16. The lowest BCUT2D eigenvalue weighted by molar-refractivity contribution is 0.340. The minimum atomic E-state index is 0. The fourth-order valence-corrected chi connectivity index (χ4v) is 6.14. The zero-order valence-electron chi connectivity index (χ0n) is 20.0. The Morgan fingerprint density at radius 3 is 2.48 bits per heavy atom. The van der Waals surface area contributed by atoms with Crippen LogP contribution >= 0.6 is 12.4 Å². The van der Waals surface area contributed by atoms with Crippen LogP contribution in [0.2, 0.25) is 0 Å². The van der Waals surface area contributed by atoms with Gasteiger partial charge < -0.3 is 15.6 Å². The van der Waals surface area contributed by atoms with Crippen LogP contribution < -0.4 is 11.1 Å². The monoisotopic (exact) mass is 465 g/mol. The molecule has 3 nitrogen and oxygen atoms in total. The molecule has 2 aromatic carbocycles. The van der Waals surface area contributed by atoms with Crippen LogP contribution in [0.3, 0.4) is 0 Å². The lowest BCUT2D eigenvalue weighted by Crippen LogP contribution is -2.38. The number of nitrogens with one attached hydrogen (secondary N) is 1. The van der Waals surface area contributed by atoms with E-state index in [0.29, 0.717) is 24.0 Å². The second-order valence-electron chi connectivity index (χ2n) is 10.3. The smallest absolute Gasteiger partial charge is 0.0485 e. The SMILES string of the molecule is Cc1cccc(C(CCNC2CCC(N)CC2)c2cn(C3CCCC3)c3ccccc23)c1.Cl. The molecule has 3 N–H and O–H groups in total. The van der Waals surface area contributed by atoms with E-state index >= 15 is 0 Å². The molecular weight excluding hydrogens is 426 g/mol. The quantitative estimate of drug-likeness (QED) is 0.399. The highest BCUT2D eigenvalue weighted by Crippen LogP contribution is 2.39. The molecule has 0 bridgehead atoms. The number of nitrogens with two attached hydrogens (primary N) is 1. The number of hydrogen-bond donors (Lipinski definition) is 2. The van der Waals surface area contributed by atoms with Gasteiger partial charge in [-0.05, 0) is 75.6 Å². The van der Waals surface area contributed by atoms with Crippen LogP contribution in [0.1, 0.15) is 86.4 Å². The van der Waals surface area contributed by atoms with Crippen LogP contribution in [0.25, 0.3) is 10.9 Å². The molecule has 1 heterocycles. The van der Waals surface area contributed by atoms with Crippen molar-refractivity contribution < 1.29 is 0 Å². The summed E-state index contributed by atoms with van der Waals surface area (Å²) in [5, 5.41) is 5.31. The van der Waals surface area contributed by atoms with Crippen molar-refractivity contribution in [2.75, 3.05) is 6.54 Å². The predicted octanol–water partition coefficient (Wildman–Crippen LogP) is 6.87. The summed E-state index contributed by atoms with van der Waals surface area (Å²) >= 11 is 0. The average Bonchev–Trinajstić information content (AvgIpc) is 3.46. The second kappa shape index (κ2) is 11.1. The van der Waals surface area contributed by atoms with E-state index < -0.39 is 0 Å². The Labute approximate surface area is 205 Å². The summed E-state index contributed by atoms with van der Waals surface area (Å²) in [6.45, 7) is 3.27. The number of fused-ring (bicyclic) bond motifs is 1. The largest absolute Gasteiger partial charge is 0.344 e. The van der Waals surface area contributed by atoms with Crippen molar-refractivity contribution in [3.8, 4) is 0 Å². The van der Waals surface area contributed by atoms with E-state index in [1.54, 1.807) is 0 Å². The van der Waals surface area contributed by atoms with Crippen molar-refractivity contribution in [2.24, 2.45) is 5.73 Å². The van der Waals surface area contributed by atoms with E-state index in [1.165, 1.54) is 66.1 Å². The fourth-order valence-electron chi connectivity index (χ4n) is 6.14. The molecule has 2 fully saturated rings. The summed E-state index contributed by atoms with van der Waals surface area (Å²) in [6.07, 6.45) is 13.8. The molecule has 178 valence electrons. The van der Waals surface area contributed by atoms with Gasteiger partial charge in [0.1, 0.15) is 0 Å². The highest BCUT2D eigenvalue weighted by molar-refractivity contribution is 5.85. The van der Waals surface area contributed by atoms with Crippen molar-refractivity contribution in [3.05, 3.63) is 71.4 Å². The van der Waals surface area contributed by atoms with Crippen LogP contribution in [-0.4, -0.2) is 23.2 Å². The highest BCUT2D eigenvalue weighted by Gasteiger charge is 2.25. The molecule has 0 amide bonds. The van der Waals surface area contributed by atoms with E-state index in [0.717, 1.165) is 25.8 Å². The fraction of sp³-hybridized carbons (Fsp3) is 0.517. The number of benzene rings is 2. The normalized spacial score (nSPS) is 22.4. The second-order valence-corrected chi connectivity index (χ2v) is 10.3. The maximum atomic E-state index is 6.12. The van der Waals surface area contributed by atoms with E-state index in [2.05, 4.69) is 71.5 Å². The lowest BCUT2D eigenvalue weighted by Gasteiger charge is -2.28. The van der Waals surface area contributed by atoms with Gasteiger partial charge in [-0.25, -0.2) is 0 Å². The van der Waals surface area contributed by atoms with Crippen molar-refractivity contribution in [2.45, 2.75) is 88.8 Å². The van der Waals surface area contributed by atoms with Gasteiger partial charge in [0.2, 0.25) is 0 Å². The summed E-state index contributed by atoms with van der Waals surface area (Å²) < 4.78 is 2.61. The van der Waals surface area contributed by atoms with E-state index in [4.69, 9.17) is 5.73 Å². The van der Waals surface area contributed by atoms with Crippen molar-refractivity contribution in [1.29, 1.82) is 0 Å². The Balaban J connectivity index is 0.00000259. The number of aromatic nitrogens is 1. The topological polar surface area (TPSA) is 43.0 Å². The molecule has 0 spiro atoms. The number of rotatable bonds is 7.